The van der Waals surface area contributed by atoms with Gasteiger partial charge in [-0.25, -0.2) is 10.1 Å². The predicted octanol–water partition coefficient (Wildman–Crippen LogP) is -0.425. The van der Waals surface area contributed by atoms with Crippen LogP contribution in [0, 0.1) is 0 Å². The molecule has 0 radical (unpaired) electrons. The Morgan fingerprint density at radius 3 is 2.22 bits per heavy atom. The molecule has 5 heteroatoms. The summed E-state index contributed by atoms with van der Waals surface area (Å²) in [6.07, 6.45) is 0. The highest BCUT2D eigenvalue weighted by Crippen LogP contribution is 1.97. The van der Waals surface area contributed by atoms with Crippen molar-refractivity contribution in [2.75, 3.05) is 14.1 Å². The normalized spacial score (nSPS) is 23.3. The van der Waals surface area contributed by atoms with Crippen LogP contribution in [0.5, 0.6) is 0 Å². The summed E-state index contributed by atoms with van der Waals surface area (Å²) in [6, 6.07) is -0.125. The molecule has 2 amide bonds. The van der Waals surface area contributed by atoms with Crippen LogP contribution in [0.1, 0.15) is 0 Å². The van der Waals surface area contributed by atoms with Crippen LogP contribution in [0.25, 0.3) is 0 Å². The number of thiocarbonyl (C=S) groups is 1. The maximum atomic E-state index is 10.8. The van der Waals surface area contributed by atoms with Crippen LogP contribution in [0.3, 0.4) is 0 Å². The third-order valence-electron chi connectivity index (χ3n) is 1.11. The van der Waals surface area contributed by atoms with E-state index >= 15 is 0 Å². The summed E-state index contributed by atoms with van der Waals surface area (Å²) >= 11 is 4.69. The molecule has 0 spiro atoms. The van der Waals surface area contributed by atoms with E-state index in [1.54, 1.807) is 14.1 Å². The molecule has 0 atom stereocenters. The Hall–Kier alpha value is -0.680. The third-order valence-corrected chi connectivity index (χ3v) is 1.30. The topological polar surface area (TPSA) is 41.1 Å². The van der Waals surface area contributed by atoms with Crippen LogP contribution in [-0.4, -0.2) is 29.8 Å². The summed E-state index contributed by atoms with van der Waals surface area (Å²) in [6.45, 7) is 0. The van der Waals surface area contributed by atoms with Crippen molar-refractivity contribution >= 4 is 23.4 Å². The van der Waals surface area contributed by atoms with Gasteiger partial charge in [-0.2, -0.15) is 5.43 Å². The minimum Gasteiger partial charge on any atom is -0.246 e. The zero-order chi connectivity index (χ0) is 7.07. The number of nitrogens with zero attached hydrogens (tertiary/aromatic N) is 1. The van der Waals surface area contributed by atoms with Crippen LogP contribution in [0.4, 0.5) is 4.79 Å². The van der Waals surface area contributed by atoms with Gasteiger partial charge in [-0.1, -0.05) is 0 Å². The van der Waals surface area contributed by atoms with Gasteiger partial charge in [0.2, 0.25) is 5.11 Å². The third kappa shape index (κ3) is 1.01. The van der Waals surface area contributed by atoms with Crippen molar-refractivity contribution in [3.05, 3.63) is 0 Å². The smallest absolute Gasteiger partial charge is 0.246 e. The molecule has 0 unspecified atom stereocenters. The van der Waals surface area contributed by atoms with Crippen molar-refractivity contribution in [1.82, 2.24) is 10.7 Å². The Bertz CT molecular complexity index is 177. The highest BCUT2D eigenvalue weighted by atomic mass is 32.1. The van der Waals surface area contributed by atoms with Crippen molar-refractivity contribution in [1.29, 1.82) is 0 Å². The molecule has 9 heavy (non-hydrogen) atoms. The number of carbonyl (C=O) groups excluding carboxylic acids is 1. The molecule has 1 heterocycles. The van der Waals surface area contributed by atoms with E-state index < -0.39 is 0 Å². The first-order valence-electron chi connectivity index (χ1n) is 2.50. The second kappa shape index (κ2) is 1.65. The highest BCUT2D eigenvalue weighted by molar-refractivity contribution is 7.80. The van der Waals surface area contributed by atoms with Gasteiger partial charge in [0.05, 0.1) is 0 Å². The number of hydrogen-bond donors (Lipinski definition) is 2. The van der Waals surface area contributed by atoms with Crippen molar-refractivity contribution < 1.29 is 9.39 Å². The molecule has 50 valence electrons. The lowest BCUT2D eigenvalue weighted by Crippen LogP contribution is -2.49. The lowest BCUT2D eigenvalue weighted by Gasteiger charge is -2.15. The van der Waals surface area contributed by atoms with Crippen LogP contribution in [-0.2, 0) is 0 Å². The van der Waals surface area contributed by atoms with Gasteiger partial charge in [0.1, 0.15) is 14.1 Å². The van der Waals surface area contributed by atoms with E-state index in [-0.39, 0.29) is 10.6 Å². The molecular formula is C4H8N3OS+. The Morgan fingerprint density at radius 1 is 1.56 bits per heavy atom. The number of hydrogen-bond acceptors (Lipinski definition) is 2. The largest absolute Gasteiger partial charge is 0.447 e. The number of nitrogens with one attached hydrogen (secondary N) is 2. The fraction of sp³-hybridized carbons (Fsp3) is 0.500. The molecule has 2 N–H and O–H groups in total. The molecule has 4 nitrogen and oxygen atoms in total. The molecule has 0 aliphatic carbocycles. The van der Waals surface area contributed by atoms with E-state index in [1.165, 1.54) is 0 Å². The molecule has 0 aromatic carbocycles. The molecular weight excluding hydrogens is 138 g/mol. The first-order chi connectivity index (χ1) is 4.02. The lowest BCUT2D eigenvalue weighted by atomic mass is 10.8. The average molecular weight is 146 g/mol. The van der Waals surface area contributed by atoms with Gasteiger partial charge in [-0.05, 0) is 12.2 Å². The fourth-order valence-corrected chi connectivity index (χ4v) is 0.885. The van der Waals surface area contributed by atoms with Crippen LogP contribution in [0.2, 0.25) is 0 Å². The first-order valence-corrected chi connectivity index (χ1v) is 2.91. The van der Waals surface area contributed by atoms with Crippen LogP contribution in [0.15, 0.2) is 0 Å². The molecule has 0 bridgehead atoms. The monoisotopic (exact) mass is 146 g/mol. The summed E-state index contributed by atoms with van der Waals surface area (Å²) in [5.74, 6) is 0. The Kier molecular flexibility index (Phi) is 1.18. The minimum atomic E-state index is -0.125. The molecule has 1 rings (SSSR count). The van der Waals surface area contributed by atoms with Crippen molar-refractivity contribution in [3.63, 3.8) is 0 Å². The van der Waals surface area contributed by atoms with Gasteiger partial charge in [0.25, 0.3) is 0 Å². The molecule has 1 fully saturated rings. The van der Waals surface area contributed by atoms with Crippen LogP contribution >= 0.6 is 12.2 Å². The number of amides is 2. The molecule has 0 aromatic heterocycles. The zero-order valence-electron chi connectivity index (χ0n) is 5.26. The molecule has 1 aliphatic heterocycles. The standard InChI is InChI=1S/C4H7N3OS/c1-7(2)4(8)5-3(9)6-7/h1-2H3,(H-,5,6,8,9)/p+1. The maximum absolute atomic E-state index is 10.8. The molecule has 0 saturated carbocycles. The van der Waals surface area contributed by atoms with Gasteiger partial charge in [-0.3, -0.25) is 0 Å². The van der Waals surface area contributed by atoms with Crippen LogP contribution < -0.4 is 10.7 Å². The van der Waals surface area contributed by atoms with Crippen molar-refractivity contribution in [2.24, 2.45) is 0 Å². The Labute approximate surface area is 58.4 Å². The molecule has 1 aliphatic rings. The lowest BCUT2D eigenvalue weighted by molar-refractivity contribution is -0.838. The highest BCUT2D eigenvalue weighted by Gasteiger charge is 2.35. The second-order valence-corrected chi connectivity index (χ2v) is 2.73. The zero-order valence-corrected chi connectivity index (χ0v) is 6.08. The maximum Gasteiger partial charge on any atom is 0.447 e. The van der Waals surface area contributed by atoms with E-state index in [1.807, 2.05) is 0 Å². The van der Waals surface area contributed by atoms with E-state index in [4.69, 9.17) is 0 Å². The number of urea groups is 1. The molecule has 1 saturated heterocycles. The molecule has 0 aromatic rings. The van der Waals surface area contributed by atoms with E-state index in [0.29, 0.717) is 5.11 Å². The Balaban J connectivity index is 2.81. The number of rotatable bonds is 0. The fourth-order valence-electron chi connectivity index (χ4n) is 0.569. The Morgan fingerprint density at radius 2 is 2.11 bits per heavy atom. The van der Waals surface area contributed by atoms with Gasteiger partial charge >= 0.3 is 6.03 Å². The quantitative estimate of drug-likeness (QED) is 0.360. The first kappa shape index (κ1) is 6.44. The van der Waals surface area contributed by atoms with Gasteiger partial charge < -0.3 is 0 Å². The summed E-state index contributed by atoms with van der Waals surface area (Å²) in [5.41, 5.74) is 2.75. The summed E-state index contributed by atoms with van der Waals surface area (Å²) in [4.78, 5) is 10.8. The summed E-state index contributed by atoms with van der Waals surface area (Å²) < 4.78 is 0.0822. The van der Waals surface area contributed by atoms with E-state index in [0.717, 1.165) is 0 Å². The minimum absolute atomic E-state index is 0.0822. The van der Waals surface area contributed by atoms with Gasteiger partial charge in [-0.15, -0.1) is 4.59 Å². The SMILES string of the molecule is C[N+]1(C)NC(=S)NC1=O. The van der Waals surface area contributed by atoms with E-state index in [2.05, 4.69) is 23.0 Å². The second-order valence-electron chi connectivity index (χ2n) is 2.32. The number of carbonyl (C=O) groups is 1. The van der Waals surface area contributed by atoms with E-state index in [9.17, 15) is 4.79 Å². The summed E-state index contributed by atoms with van der Waals surface area (Å²) in [7, 11) is 3.43. The van der Waals surface area contributed by atoms with Gasteiger partial charge in [0.15, 0.2) is 0 Å². The van der Waals surface area contributed by atoms with Gasteiger partial charge in [0, 0.05) is 0 Å². The average Bonchev–Trinajstić information content (AvgIpc) is 1.79. The van der Waals surface area contributed by atoms with Crippen molar-refractivity contribution in [3.8, 4) is 0 Å². The predicted molar refractivity (Wildman–Crippen MR) is 36.4 cm³/mol. The number of quaternary nitrogens is 1. The van der Waals surface area contributed by atoms with Crippen molar-refractivity contribution in [2.45, 2.75) is 0 Å². The summed E-state index contributed by atoms with van der Waals surface area (Å²) in [5, 5.41) is 2.85.